The summed E-state index contributed by atoms with van der Waals surface area (Å²) in [7, 11) is -3.72. The first-order valence-corrected chi connectivity index (χ1v) is 9.61. The van der Waals surface area contributed by atoms with Crippen molar-refractivity contribution >= 4 is 63.4 Å². The normalized spacial score (nSPS) is 12.1. The van der Waals surface area contributed by atoms with E-state index in [-0.39, 0.29) is 10.7 Å². The molecule has 0 bridgehead atoms. The van der Waals surface area contributed by atoms with Gasteiger partial charge in [0.05, 0.1) is 4.90 Å². The Morgan fingerprint density at radius 3 is 2.00 bits per heavy atom. The van der Waals surface area contributed by atoms with E-state index in [0.29, 0.717) is 11.1 Å². The number of halogens is 3. The summed E-state index contributed by atoms with van der Waals surface area (Å²) in [5.74, 6) is -0.225. The SMILES string of the molecule is O=C(c1ccccc1)c1cccc(S(=O)(=O)C(Br)(Br)Br)c1. The third kappa shape index (κ3) is 3.64. The van der Waals surface area contributed by atoms with Gasteiger partial charge in [-0.05, 0) is 59.9 Å². The van der Waals surface area contributed by atoms with Gasteiger partial charge in [0.1, 0.15) is 0 Å². The van der Waals surface area contributed by atoms with Crippen LogP contribution in [0.25, 0.3) is 0 Å². The maximum absolute atomic E-state index is 12.3. The Kier molecular flexibility index (Phi) is 5.07. The molecule has 0 heterocycles. The summed E-state index contributed by atoms with van der Waals surface area (Å²) in [4.78, 5) is 12.4. The van der Waals surface area contributed by atoms with Gasteiger partial charge in [-0.15, -0.1) is 0 Å². The van der Waals surface area contributed by atoms with E-state index in [1.54, 1.807) is 36.4 Å². The van der Waals surface area contributed by atoms with E-state index in [1.807, 2.05) is 6.07 Å². The van der Waals surface area contributed by atoms with Crippen molar-refractivity contribution in [1.82, 2.24) is 0 Å². The average molecular weight is 497 g/mol. The van der Waals surface area contributed by atoms with Gasteiger partial charge < -0.3 is 0 Å². The van der Waals surface area contributed by atoms with Gasteiger partial charge in [-0.3, -0.25) is 4.79 Å². The van der Waals surface area contributed by atoms with Crippen LogP contribution in [0, 0.1) is 0 Å². The Labute approximate surface area is 148 Å². The van der Waals surface area contributed by atoms with Crippen LogP contribution in [0.4, 0.5) is 0 Å². The molecule has 0 amide bonds. The van der Waals surface area contributed by atoms with Crippen molar-refractivity contribution in [2.75, 3.05) is 0 Å². The van der Waals surface area contributed by atoms with E-state index < -0.39 is 11.3 Å². The van der Waals surface area contributed by atoms with Gasteiger partial charge in [0, 0.05) is 11.1 Å². The van der Waals surface area contributed by atoms with Crippen molar-refractivity contribution in [2.45, 2.75) is 6.37 Å². The molecule has 0 radical (unpaired) electrons. The largest absolute Gasteiger partial charge is 0.289 e. The van der Waals surface area contributed by atoms with Gasteiger partial charge in [0.15, 0.2) is 5.78 Å². The smallest absolute Gasteiger partial charge is 0.239 e. The molecule has 0 saturated heterocycles. The summed E-state index contributed by atoms with van der Waals surface area (Å²) in [5, 5.41) is 0. The van der Waals surface area contributed by atoms with Crippen LogP contribution in [0.5, 0.6) is 0 Å². The standard InChI is InChI=1S/C14H9Br3O3S/c15-14(16,17)21(19,20)12-8-4-7-11(9-12)13(18)10-5-2-1-3-6-10/h1-9H. The molecule has 2 aromatic rings. The zero-order valence-corrected chi connectivity index (χ0v) is 16.0. The maximum Gasteiger partial charge on any atom is 0.239 e. The van der Waals surface area contributed by atoms with E-state index in [2.05, 4.69) is 47.8 Å². The topological polar surface area (TPSA) is 51.2 Å². The molecule has 0 aliphatic rings. The first-order chi connectivity index (χ1) is 9.73. The molecule has 2 aromatic carbocycles. The summed E-state index contributed by atoms with van der Waals surface area (Å²) in [6.45, 7) is 0. The highest BCUT2D eigenvalue weighted by atomic mass is 80.0. The second-order valence-electron chi connectivity index (χ2n) is 4.17. The Balaban J connectivity index is 2.47. The molecule has 0 atom stereocenters. The number of hydrogen-bond acceptors (Lipinski definition) is 3. The fraction of sp³-hybridized carbons (Fsp3) is 0.0714. The number of alkyl halides is 3. The lowest BCUT2D eigenvalue weighted by Gasteiger charge is -2.14. The molecule has 0 N–H and O–H groups in total. The quantitative estimate of drug-likeness (QED) is 0.465. The van der Waals surface area contributed by atoms with E-state index in [1.165, 1.54) is 12.1 Å². The molecule has 3 nitrogen and oxygen atoms in total. The minimum atomic E-state index is -3.72. The number of hydrogen-bond donors (Lipinski definition) is 0. The van der Waals surface area contributed by atoms with Crippen LogP contribution >= 0.6 is 47.8 Å². The molecule has 0 fully saturated rings. The molecule has 2 rings (SSSR count). The number of sulfone groups is 1. The molecule has 0 saturated carbocycles. The van der Waals surface area contributed by atoms with Crippen LogP contribution in [0.2, 0.25) is 0 Å². The lowest BCUT2D eigenvalue weighted by atomic mass is 10.0. The summed E-state index contributed by atoms with van der Waals surface area (Å²) >= 11 is 9.01. The summed E-state index contributed by atoms with van der Waals surface area (Å²) < 4.78 is 23.2. The molecule has 110 valence electrons. The minimum Gasteiger partial charge on any atom is -0.289 e. The van der Waals surface area contributed by atoms with Gasteiger partial charge in [0.25, 0.3) is 0 Å². The predicted molar refractivity (Wildman–Crippen MR) is 93.0 cm³/mol. The zero-order chi connectivity index (χ0) is 15.7. The number of rotatable bonds is 3. The number of carbonyl (C=O) groups excluding carboxylic acids is 1. The third-order valence-electron chi connectivity index (χ3n) is 2.75. The first-order valence-electron chi connectivity index (χ1n) is 5.74. The fourth-order valence-electron chi connectivity index (χ4n) is 1.69. The summed E-state index contributed by atoms with van der Waals surface area (Å²) in [6, 6.07) is 14.6. The van der Waals surface area contributed by atoms with Crippen LogP contribution in [-0.4, -0.2) is 15.7 Å². The van der Waals surface area contributed by atoms with Crippen LogP contribution in [0.3, 0.4) is 0 Å². The number of ketones is 1. The highest BCUT2D eigenvalue weighted by Crippen LogP contribution is 2.43. The third-order valence-corrected chi connectivity index (χ3v) is 8.07. The number of benzene rings is 2. The van der Waals surface area contributed by atoms with Crippen LogP contribution in [0.15, 0.2) is 59.5 Å². The van der Waals surface area contributed by atoms with E-state index in [0.717, 1.165) is 0 Å². The second kappa shape index (κ2) is 6.32. The Bertz CT molecular complexity index is 766. The average Bonchev–Trinajstić information content (AvgIpc) is 2.46. The van der Waals surface area contributed by atoms with Crippen LogP contribution in [0.1, 0.15) is 15.9 Å². The minimum absolute atomic E-state index is 0.0370. The van der Waals surface area contributed by atoms with Crippen LogP contribution < -0.4 is 0 Å². The highest BCUT2D eigenvalue weighted by Gasteiger charge is 2.37. The first kappa shape index (κ1) is 16.9. The monoisotopic (exact) mass is 494 g/mol. The molecule has 0 aliphatic carbocycles. The van der Waals surface area contributed by atoms with E-state index >= 15 is 0 Å². The summed E-state index contributed by atoms with van der Waals surface area (Å²) in [6.07, 6.45) is 0. The fourth-order valence-corrected chi connectivity index (χ4v) is 4.18. The molecular weight excluding hydrogens is 488 g/mol. The van der Waals surface area contributed by atoms with Gasteiger partial charge in [-0.25, -0.2) is 8.42 Å². The number of carbonyl (C=O) groups is 1. The van der Waals surface area contributed by atoms with Gasteiger partial charge in [0.2, 0.25) is 11.3 Å². The Morgan fingerprint density at radius 1 is 0.857 bits per heavy atom. The summed E-state index contributed by atoms with van der Waals surface area (Å²) in [5.41, 5.74) is 0.828. The van der Waals surface area contributed by atoms with Crippen molar-refractivity contribution in [1.29, 1.82) is 0 Å². The Morgan fingerprint density at radius 2 is 1.43 bits per heavy atom. The van der Waals surface area contributed by atoms with Crippen molar-refractivity contribution < 1.29 is 13.2 Å². The van der Waals surface area contributed by atoms with Crippen LogP contribution in [-0.2, 0) is 9.84 Å². The maximum atomic E-state index is 12.3. The van der Waals surface area contributed by atoms with Gasteiger partial charge in [-0.1, -0.05) is 42.5 Å². The van der Waals surface area contributed by atoms with E-state index in [9.17, 15) is 13.2 Å². The second-order valence-corrected chi connectivity index (χ2v) is 14.6. The molecule has 0 aliphatic heterocycles. The van der Waals surface area contributed by atoms with Crippen molar-refractivity contribution in [3.05, 3.63) is 65.7 Å². The molecular formula is C14H9Br3O3S. The van der Waals surface area contributed by atoms with Gasteiger partial charge >= 0.3 is 0 Å². The molecule has 21 heavy (non-hydrogen) atoms. The predicted octanol–water partition coefficient (Wildman–Crippen LogP) is 4.49. The molecule has 0 unspecified atom stereocenters. The van der Waals surface area contributed by atoms with E-state index in [4.69, 9.17) is 0 Å². The van der Waals surface area contributed by atoms with Crippen molar-refractivity contribution in [2.24, 2.45) is 0 Å². The van der Waals surface area contributed by atoms with Crippen molar-refractivity contribution in [3.63, 3.8) is 0 Å². The highest BCUT2D eigenvalue weighted by molar-refractivity contribution is 9.42. The molecule has 0 spiro atoms. The molecule has 7 heteroatoms. The van der Waals surface area contributed by atoms with Crippen molar-refractivity contribution in [3.8, 4) is 0 Å². The lowest BCUT2D eigenvalue weighted by Crippen LogP contribution is -2.18. The zero-order valence-electron chi connectivity index (χ0n) is 10.5. The van der Waals surface area contributed by atoms with Gasteiger partial charge in [-0.2, -0.15) is 0 Å². The molecule has 0 aromatic heterocycles. The Hall–Kier alpha value is -0.500. The lowest BCUT2D eigenvalue weighted by molar-refractivity contribution is 0.103.